The Labute approximate surface area is 206 Å². The molecule has 7 heteroatoms. The highest BCUT2D eigenvalue weighted by Crippen LogP contribution is 2.21. The van der Waals surface area contributed by atoms with Crippen molar-refractivity contribution in [3.8, 4) is 5.75 Å². The van der Waals surface area contributed by atoms with Crippen LogP contribution in [0.5, 0.6) is 5.75 Å². The Hall–Kier alpha value is -3.06. The van der Waals surface area contributed by atoms with E-state index >= 15 is 0 Å². The predicted octanol–water partition coefficient (Wildman–Crippen LogP) is 5.28. The second-order valence-electron chi connectivity index (χ2n) is 7.28. The quantitative estimate of drug-likeness (QED) is 0.236. The Bertz CT molecular complexity index is 941. The van der Waals surface area contributed by atoms with Crippen molar-refractivity contribution in [2.45, 2.75) is 58.8 Å². The smallest absolute Gasteiger partial charge is 0.320 e. The molecule has 1 atom stereocenters. The molecule has 2 N–H and O–H groups in total. The van der Waals surface area contributed by atoms with Crippen LogP contribution in [-0.4, -0.2) is 29.4 Å². The molecule has 0 aliphatic rings. The van der Waals surface area contributed by atoms with Crippen LogP contribution in [0.4, 0.5) is 0 Å². The Morgan fingerprint density at radius 1 is 1.12 bits per heavy atom. The number of aryl methyl sites for hydroxylation is 1. The van der Waals surface area contributed by atoms with Crippen LogP contribution in [0.15, 0.2) is 48.5 Å². The number of hydrogen-bond acceptors (Lipinski definition) is 6. The van der Waals surface area contributed by atoms with E-state index in [9.17, 15) is 14.4 Å². The molecule has 2 aromatic rings. The van der Waals surface area contributed by atoms with Gasteiger partial charge in [-0.2, -0.15) is 0 Å². The number of primary amides is 1. The van der Waals surface area contributed by atoms with Gasteiger partial charge in [0.1, 0.15) is 17.6 Å². The van der Waals surface area contributed by atoms with Crippen LogP contribution in [0.1, 0.15) is 55.9 Å². The van der Waals surface area contributed by atoms with Crippen LogP contribution in [0.2, 0.25) is 0 Å². The number of ether oxygens (including phenoxy) is 2. The van der Waals surface area contributed by atoms with Crippen molar-refractivity contribution >= 4 is 35.3 Å². The van der Waals surface area contributed by atoms with Crippen LogP contribution in [0, 0.1) is 6.92 Å². The van der Waals surface area contributed by atoms with E-state index in [4.69, 9.17) is 15.2 Å². The molecule has 2 rings (SSSR count). The maximum atomic E-state index is 12.6. The number of carbonyl (C=O) groups excluding carboxylic acids is 3. The van der Waals surface area contributed by atoms with Crippen LogP contribution >= 0.6 is 11.8 Å². The summed E-state index contributed by atoms with van der Waals surface area (Å²) in [5.41, 5.74) is 9.61. The zero-order chi connectivity index (χ0) is 25.3. The first-order valence-electron chi connectivity index (χ1n) is 11.4. The molecule has 0 saturated heterocycles. The topological polar surface area (TPSA) is 95.7 Å². The van der Waals surface area contributed by atoms with E-state index in [0.717, 1.165) is 34.0 Å². The van der Waals surface area contributed by atoms with Gasteiger partial charge in [0, 0.05) is 6.42 Å². The molecular weight excluding hydrogens is 450 g/mol. The van der Waals surface area contributed by atoms with E-state index in [-0.39, 0.29) is 18.9 Å². The summed E-state index contributed by atoms with van der Waals surface area (Å²) in [6.45, 7) is 8.37. The largest absolute Gasteiger partial charge is 0.494 e. The van der Waals surface area contributed by atoms with Crippen molar-refractivity contribution in [2.24, 2.45) is 5.73 Å². The highest BCUT2D eigenvalue weighted by Gasteiger charge is 2.21. The molecule has 0 unspecified atom stereocenters. The van der Waals surface area contributed by atoms with Gasteiger partial charge in [0.2, 0.25) is 5.91 Å². The summed E-state index contributed by atoms with van der Waals surface area (Å²) in [6.07, 6.45) is 5.21. The third kappa shape index (κ3) is 10.7. The summed E-state index contributed by atoms with van der Waals surface area (Å²) in [5.74, 6) is -0.0951. The number of allylic oxidation sites excluding steroid dienone is 1. The van der Waals surface area contributed by atoms with Gasteiger partial charge in [-0.05, 0) is 61.1 Å². The average Bonchev–Trinajstić information content (AvgIpc) is 2.83. The van der Waals surface area contributed by atoms with E-state index in [2.05, 4.69) is 0 Å². The molecule has 0 aliphatic heterocycles. The third-order valence-electron chi connectivity index (χ3n) is 4.76. The van der Waals surface area contributed by atoms with Crippen molar-refractivity contribution in [3.05, 3.63) is 70.8 Å². The molecule has 0 heterocycles. The van der Waals surface area contributed by atoms with Gasteiger partial charge in [-0.25, -0.2) is 0 Å². The Morgan fingerprint density at radius 2 is 1.82 bits per heavy atom. The van der Waals surface area contributed by atoms with Gasteiger partial charge in [-0.3, -0.25) is 14.4 Å². The van der Waals surface area contributed by atoms with Crippen molar-refractivity contribution in [2.75, 3.05) is 6.61 Å². The Balaban J connectivity index is 0.00000281. The first kappa shape index (κ1) is 29.0. The van der Waals surface area contributed by atoms with E-state index in [1.54, 1.807) is 6.07 Å². The summed E-state index contributed by atoms with van der Waals surface area (Å²) < 4.78 is 11.1. The minimum absolute atomic E-state index is 0.114. The van der Waals surface area contributed by atoms with E-state index in [0.29, 0.717) is 30.8 Å². The standard InChI is InChI=1S/C25H29NO5S.C2H6/c1-3-5-19-7-9-20(10-8-19)15-23(32-17-27)25(29)31-16-21-11-12-22(14-18(21)2)30-13-4-6-24(26)28;1-2/h3,5,7-12,14,17,23H,4,6,13,15-16H2,1-2H3,(H2,26,28);1-2H3/b5-3+;/t23-;/m0./s1. The Kier molecular flexibility index (Phi) is 14.1. The molecule has 0 spiro atoms. The molecule has 0 fully saturated rings. The summed E-state index contributed by atoms with van der Waals surface area (Å²) >= 11 is 0.927. The fourth-order valence-electron chi connectivity index (χ4n) is 3.02. The first-order valence-corrected chi connectivity index (χ1v) is 12.3. The van der Waals surface area contributed by atoms with E-state index in [1.807, 2.05) is 76.2 Å². The molecule has 0 bridgehead atoms. The lowest BCUT2D eigenvalue weighted by atomic mass is 10.1. The van der Waals surface area contributed by atoms with E-state index in [1.165, 1.54) is 0 Å². The minimum atomic E-state index is -0.603. The zero-order valence-corrected chi connectivity index (χ0v) is 21.2. The van der Waals surface area contributed by atoms with Gasteiger partial charge in [-0.1, -0.05) is 68.1 Å². The lowest BCUT2D eigenvalue weighted by molar-refractivity contribution is -0.144. The van der Waals surface area contributed by atoms with Gasteiger partial charge in [-0.15, -0.1) is 0 Å². The van der Waals surface area contributed by atoms with E-state index < -0.39 is 11.2 Å². The van der Waals surface area contributed by atoms with Crippen molar-refractivity contribution < 1.29 is 23.9 Å². The summed E-state index contributed by atoms with van der Waals surface area (Å²) in [4.78, 5) is 34.4. The minimum Gasteiger partial charge on any atom is -0.494 e. The number of carbonyl (C=O) groups is 3. The summed E-state index contributed by atoms with van der Waals surface area (Å²) in [6, 6.07) is 13.4. The SMILES string of the molecule is C/C=C/c1ccc(C[C@H](SC=O)C(=O)OCc2ccc(OCCCC(N)=O)cc2C)cc1.CC. The molecule has 0 radical (unpaired) electrons. The number of benzene rings is 2. The molecule has 6 nitrogen and oxygen atoms in total. The maximum Gasteiger partial charge on any atom is 0.320 e. The third-order valence-corrected chi connectivity index (χ3v) is 5.56. The molecule has 0 saturated carbocycles. The van der Waals surface area contributed by atoms with Gasteiger partial charge < -0.3 is 15.2 Å². The second kappa shape index (κ2) is 16.5. The Morgan fingerprint density at radius 3 is 2.41 bits per heavy atom. The van der Waals surface area contributed by atoms with Crippen molar-refractivity contribution in [3.63, 3.8) is 0 Å². The van der Waals surface area contributed by atoms with Crippen LogP contribution in [-0.2, 0) is 32.1 Å². The number of amides is 1. The monoisotopic (exact) mass is 485 g/mol. The normalized spacial score (nSPS) is 11.3. The number of nitrogens with two attached hydrogens (primary N) is 1. The fourth-order valence-corrected chi connectivity index (χ4v) is 3.63. The van der Waals surface area contributed by atoms with Crippen molar-refractivity contribution in [1.82, 2.24) is 0 Å². The van der Waals surface area contributed by atoms with Gasteiger partial charge >= 0.3 is 5.97 Å². The fraction of sp³-hybridized carbons (Fsp3) is 0.370. The molecule has 0 aromatic heterocycles. The highest BCUT2D eigenvalue weighted by molar-refractivity contribution is 8.12. The van der Waals surface area contributed by atoms with Gasteiger partial charge in [0.05, 0.1) is 6.61 Å². The maximum absolute atomic E-state index is 12.6. The number of thioether (sulfide) groups is 1. The number of rotatable bonds is 13. The summed E-state index contributed by atoms with van der Waals surface area (Å²) in [5, 5.41) is -0.603. The molecular formula is C27H35NO5S. The molecule has 2 aromatic carbocycles. The summed E-state index contributed by atoms with van der Waals surface area (Å²) in [7, 11) is 0. The van der Waals surface area contributed by atoms with Crippen molar-refractivity contribution in [1.29, 1.82) is 0 Å². The van der Waals surface area contributed by atoms with Crippen LogP contribution in [0.25, 0.3) is 6.08 Å². The lowest BCUT2D eigenvalue weighted by Gasteiger charge is -2.15. The second-order valence-corrected chi connectivity index (χ2v) is 8.31. The first-order chi connectivity index (χ1) is 16.4. The zero-order valence-electron chi connectivity index (χ0n) is 20.4. The number of hydrogen-bond donors (Lipinski definition) is 1. The highest BCUT2D eigenvalue weighted by atomic mass is 32.2. The van der Waals surface area contributed by atoms with Gasteiger partial charge in [0.15, 0.2) is 5.62 Å². The molecule has 1 amide bonds. The lowest BCUT2D eigenvalue weighted by Crippen LogP contribution is -2.23. The average molecular weight is 486 g/mol. The molecule has 0 aliphatic carbocycles. The van der Waals surface area contributed by atoms with Crippen LogP contribution < -0.4 is 10.5 Å². The molecule has 184 valence electrons. The van der Waals surface area contributed by atoms with Crippen LogP contribution in [0.3, 0.4) is 0 Å². The predicted molar refractivity (Wildman–Crippen MR) is 139 cm³/mol. The molecule has 34 heavy (non-hydrogen) atoms. The number of esters is 1. The van der Waals surface area contributed by atoms with Gasteiger partial charge in [0.25, 0.3) is 0 Å².